The van der Waals surface area contributed by atoms with Gasteiger partial charge in [-0.05, 0) is 24.6 Å². The summed E-state index contributed by atoms with van der Waals surface area (Å²) in [4.78, 5) is 4.20. The van der Waals surface area contributed by atoms with Crippen molar-refractivity contribution in [2.45, 2.75) is 13.5 Å². The van der Waals surface area contributed by atoms with E-state index >= 15 is 0 Å². The Labute approximate surface area is 101 Å². The molecule has 0 aliphatic carbocycles. The van der Waals surface area contributed by atoms with Gasteiger partial charge in [-0.2, -0.15) is 0 Å². The van der Waals surface area contributed by atoms with E-state index in [1.165, 1.54) is 0 Å². The van der Waals surface area contributed by atoms with Crippen molar-refractivity contribution in [2.24, 2.45) is 10.7 Å². The van der Waals surface area contributed by atoms with Gasteiger partial charge in [0.25, 0.3) is 0 Å². The molecule has 0 saturated heterocycles. The van der Waals surface area contributed by atoms with Crippen molar-refractivity contribution in [1.29, 1.82) is 0 Å². The lowest BCUT2D eigenvalue weighted by atomic mass is 10.2. The first-order valence-electron chi connectivity index (χ1n) is 5.00. The summed E-state index contributed by atoms with van der Waals surface area (Å²) in [6.45, 7) is 6.89. The highest BCUT2D eigenvalue weighted by Gasteiger charge is 1.93. The van der Waals surface area contributed by atoms with Gasteiger partial charge in [0.15, 0.2) is 5.96 Å². The Morgan fingerprint density at radius 1 is 1.44 bits per heavy atom. The molecule has 0 aromatic heterocycles. The summed E-state index contributed by atoms with van der Waals surface area (Å²) in [5.41, 5.74) is 7.76. The normalized spacial score (nSPS) is 11.2. The van der Waals surface area contributed by atoms with Gasteiger partial charge < -0.3 is 11.1 Å². The van der Waals surface area contributed by atoms with Gasteiger partial charge in [0.1, 0.15) is 0 Å². The number of benzene rings is 1. The van der Waals surface area contributed by atoms with Gasteiger partial charge in [-0.3, -0.25) is 0 Å². The first-order valence-corrected chi connectivity index (χ1v) is 5.38. The predicted octanol–water partition coefficient (Wildman–Crippen LogP) is 2.32. The van der Waals surface area contributed by atoms with Gasteiger partial charge in [0.2, 0.25) is 0 Å². The second kappa shape index (κ2) is 6.18. The fourth-order valence-corrected chi connectivity index (χ4v) is 1.19. The first kappa shape index (κ1) is 12.6. The van der Waals surface area contributed by atoms with Crippen molar-refractivity contribution in [3.63, 3.8) is 0 Å². The number of guanidine groups is 1. The standard InChI is InChI=1S/C12H16ClN3/c1-9(2)7-15-12(14)16-8-10-3-5-11(13)6-4-10/h3-6H,1,7-8H2,2H3,(H3,14,15,16). The zero-order valence-electron chi connectivity index (χ0n) is 9.33. The molecule has 1 aromatic carbocycles. The Morgan fingerprint density at radius 3 is 2.62 bits per heavy atom. The van der Waals surface area contributed by atoms with Gasteiger partial charge in [0.05, 0.1) is 6.54 Å². The average Bonchev–Trinajstić information content (AvgIpc) is 2.25. The van der Waals surface area contributed by atoms with Crippen LogP contribution >= 0.6 is 11.6 Å². The number of hydrogen-bond donors (Lipinski definition) is 2. The molecule has 0 aliphatic heterocycles. The minimum absolute atomic E-state index is 0.429. The molecule has 4 heteroatoms. The molecule has 3 N–H and O–H groups in total. The van der Waals surface area contributed by atoms with Gasteiger partial charge in [0, 0.05) is 11.6 Å². The Hall–Kier alpha value is -1.48. The molecule has 1 aromatic rings. The van der Waals surface area contributed by atoms with Crippen LogP contribution in [0.1, 0.15) is 12.5 Å². The molecule has 0 atom stereocenters. The zero-order valence-corrected chi connectivity index (χ0v) is 10.1. The molecular weight excluding hydrogens is 222 g/mol. The van der Waals surface area contributed by atoms with E-state index in [4.69, 9.17) is 17.3 Å². The molecule has 0 fully saturated rings. The van der Waals surface area contributed by atoms with E-state index in [0.717, 1.165) is 16.2 Å². The molecule has 1 rings (SSSR count). The Morgan fingerprint density at radius 2 is 2.06 bits per heavy atom. The summed E-state index contributed by atoms with van der Waals surface area (Å²) in [5, 5.41) is 3.69. The number of hydrogen-bond acceptors (Lipinski definition) is 1. The summed E-state index contributed by atoms with van der Waals surface area (Å²) in [5.74, 6) is 0.429. The van der Waals surface area contributed by atoms with E-state index in [0.29, 0.717) is 19.0 Å². The van der Waals surface area contributed by atoms with Crippen molar-refractivity contribution in [3.8, 4) is 0 Å². The summed E-state index contributed by atoms with van der Waals surface area (Å²) in [6.07, 6.45) is 0. The lowest BCUT2D eigenvalue weighted by Gasteiger charge is -2.04. The Bertz CT molecular complexity index is 382. The topological polar surface area (TPSA) is 50.4 Å². The van der Waals surface area contributed by atoms with Crippen LogP contribution in [0.5, 0.6) is 0 Å². The van der Waals surface area contributed by atoms with Gasteiger partial charge in [-0.25, -0.2) is 4.99 Å². The molecule has 0 unspecified atom stereocenters. The zero-order chi connectivity index (χ0) is 12.0. The smallest absolute Gasteiger partial charge is 0.189 e. The van der Waals surface area contributed by atoms with Crippen molar-refractivity contribution < 1.29 is 0 Å². The first-order chi connectivity index (χ1) is 7.58. The average molecular weight is 238 g/mol. The third-order valence-corrected chi connectivity index (χ3v) is 2.17. The molecule has 3 nitrogen and oxygen atoms in total. The fraction of sp³-hybridized carbons (Fsp3) is 0.250. The quantitative estimate of drug-likeness (QED) is 0.480. The highest BCUT2D eigenvalue weighted by Crippen LogP contribution is 2.09. The molecule has 0 saturated carbocycles. The molecule has 0 bridgehead atoms. The molecule has 86 valence electrons. The van der Waals surface area contributed by atoms with Gasteiger partial charge in [-0.15, -0.1) is 0 Å². The third kappa shape index (κ3) is 4.84. The molecular formula is C12H16ClN3. The van der Waals surface area contributed by atoms with Gasteiger partial charge in [-0.1, -0.05) is 35.9 Å². The molecule has 0 radical (unpaired) electrons. The minimum atomic E-state index is 0.429. The van der Waals surface area contributed by atoms with Crippen LogP contribution in [-0.4, -0.2) is 12.5 Å². The number of aliphatic imine (C=N–C) groups is 1. The third-order valence-electron chi connectivity index (χ3n) is 1.92. The van der Waals surface area contributed by atoms with Crippen LogP contribution in [0.15, 0.2) is 41.4 Å². The molecule has 16 heavy (non-hydrogen) atoms. The molecule has 0 spiro atoms. The van der Waals surface area contributed by atoms with E-state index in [1.807, 2.05) is 31.2 Å². The summed E-state index contributed by atoms with van der Waals surface area (Å²) in [6, 6.07) is 7.53. The number of halogens is 1. The van der Waals surface area contributed by atoms with Crippen LogP contribution in [0, 0.1) is 0 Å². The molecule has 0 aliphatic rings. The predicted molar refractivity (Wildman–Crippen MR) is 69.6 cm³/mol. The largest absolute Gasteiger partial charge is 0.370 e. The van der Waals surface area contributed by atoms with E-state index in [-0.39, 0.29) is 0 Å². The van der Waals surface area contributed by atoms with Gasteiger partial charge >= 0.3 is 0 Å². The maximum atomic E-state index is 5.78. The summed E-state index contributed by atoms with van der Waals surface area (Å²) >= 11 is 5.78. The number of rotatable bonds is 4. The van der Waals surface area contributed by atoms with Crippen LogP contribution in [0.3, 0.4) is 0 Å². The summed E-state index contributed by atoms with van der Waals surface area (Å²) < 4.78 is 0. The highest BCUT2D eigenvalue weighted by atomic mass is 35.5. The SMILES string of the molecule is C=C(C)CNC(N)=NCc1ccc(Cl)cc1. The van der Waals surface area contributed by atoms with E-state index in [1.54, 1.807) is 0 Å². The van der Waals surface area contributed by atoms with Crippen LogP contribution in [0.4, 0.5) is 0 Å². The number of nitrogens with zero attached hydrogens (tertiary/aromatic N) is 1. The Kier molecular flexibility index (Phi) is 4.86. The molecule has 0 amide bonds. The van der Waals surface area contributed by atoms with E-state index in [2.05, 4.69) is 16.9 Å². The summed E-state index contributed by atoms with van der Waals surface area (Å²) in [7, 11) is 0. The Balaban J connectivity index is 2.45. The van der Waals surface area contributed by atoms with Crippen molar-refractivity contribution in [3.05, 3.63) is 47.0 Å². The molecule has 0 heterocycles. The highest BCUT2D eigenvalue weighted by molar-refractivity contribution is 6.30. The van der Waals surface area contributed by atoms with Crippen LogP contribution in [-0.2, 0) is 6.54 Å². The second-order valence-corrected chi connectivity index (χ2v) is 4.08. The van der Waals surface area contributed by atoms with Crippen LogP contribution < -0.4 is 11.1 Å². The maximum Gasteiger partial charge on any atom is 0.189 e. The van der Waals surface area contributed by atoms with Crippen molar-refractivity contribution in [2.75, 3.05) is 6.54 Å². The number of nitrogens with one attached hydrogen (secondary N) is 1. The van der Waals surface area contributed by atoms with Crippen LogP contribution in [0.2, 0.25) is 5.02 Å². The van der Waals surface area contributed by atoms with E-state index in [9.17, 15) is 0 Å². The van der Waals surface area contributed by atoms with Crippen LogP contribution in [0.25, 0.3) is 0 Å². The van der Waals surface area contributed by atoms with E-state index < -0.39 is 0 Å². The monoisotopic (exact) mass is 237 g/mol. The maximum absolute atomic E-state index is 5.78. The second-order valence-electron chi connectivity index (χ2n) is 3.64. The van der Waals surface area contributed by atoms with Crippen molar-refractivity contribution in [1.82, 2.24) is 5.32 Å². The lowest BCUT2D eigenvalue weighted by molar-refractivity contribution is 0.940. The van der Waals surface area contributed by atoms with Crippen molar-refractivity contribution >= 4 is 17.6 Å². The number of nitrogens with two attached hydrogens (primary N) is 1. The lowest BCUT2D eigenvalue weighted by Crippen LogP contribution is -2.32. The minimum Gasteiger partial charge on any atom is -0.370 e. The fourth-order valence-electron chi connectivity index (χ4n) is 1.06.